The lowest BCUT2D eigenvalue weighted by Crippen LogP contribution is -2.51. The van der Waals surface area contributed by atoms with E-state index in [1.165, 1.54) is 0 Å². The molecule has 0 bridgehead atoms. The van der Waals surface area contributed by atoms with Gasteiger partial charge in [-0.1, -0.05) is 20.8 Å². The van der Waals surface area contributed by atoms with Crippen LogP contribution in [0.15, 0.2) is 0 Å². The van der Waals surface area contributed by atoms with Gasteiger partial charge in [-0.25, -0.2) is 0 Å². The standard InChI is InChI=1S/C12H27NO2Si/c1-12(2,3)16(5,6)15-11-7-10(14)8-13(4)9-11/h10-11,14H,7-9H2,1-6H3/t10-,11-/m1/s1. The number of nitrogens with zero attached hydrogens (tertiary/aromatic N) is 1. The summed E-state index contributed by atoms with van der Waals surface area (Å²) < 4.78 is 6.32. The van der Waals surface area contributed by atoms with Gasteiger partial charge in [-0.3, -0.25) is 0 Å². The summed E-state index contributed by atoms with van der Waals surface area (Å²) in [5.74, 6) is 0. The van der Waals surface area contributed by atoms with Crippen molar-refractivity contribution in [2.45, 2.75) is 57.5 Å². The average molecular weight is 245 g/mol. The summed E-state index contributed by atoms with van der Waals surface area (Å²) in [5.41, 5.74) is 0. The number of β-amino-alcohol motifs (C(OH)–C–C–N with tert-alkyl or cyclic N) is 1. The van der Waals surface area contributed by atoms with Crippen LogP contribution in [-0.2, 0) is 4.43 Å². The van der Waals surface area contributed by atoms with E-state index in [2.05, 4.69) is 38.8 Å². The molecule has 0 aromatic heterocycles. The predicted octanol–water partition coefficient (Wildman–Crippen LogP) is 2.07. The second kappa shape index (κ2) is 4.76. The third kappa shape index (κ3) is 3.55. The van der Waals surface area contributed by atoms with E-state index in [-0.39, 0.29) is 17.2 Å². The van der Waals surface area contributed by atoms with Crippen molar-refractivity contribution in [2.75, 3.05) is 20.1 Å². The molecule has 96 valence electrons. The highest BCUT2D eigenvalue weighted by Crippen LogP contribution is 2.38. The quantitative estimate of drug-likeness (QED) is 0.756. The molecule has 0 amide bonds. The van der Waals surface area contributed by atoms with Crippen LogP contribution >= 0.6 is 0 Å². The van der Waals surface area contributed by atoms with E-state index in [9.17, 15) is 5.11 Å². The Kier molecular flexibility index (Phi) is 4.22. The van der Waals surface area contributed by atoms with E-state index in [0.717, 1.165) is 19.5 Å². The first-order chi connectivity index (χ1) is 7.12. The van der Waals surface area contributed by atoms with Crippen LogP contribution in [0.2, 0.25) is 18.1 Å². The zero-order chi connectivity index (χ0) is 12.6. The minimum atomic E-state index is -1.69. The summed E-state index contributed by atoms with van der Waals surface area (Å²) in [6.07, 6.45) is 0.764. The third-order valence-corrected chi connectivity index (χ3v) is 8.38. The summed E-state index contributed by atoms with van der Waals surface area (Å²) in [6, 6.07) is 0. The van der Waals surface area contributed by atoms with Crippen molar-refractivity contribution in [3.63, 3.8) is 0 Å². The Morgan fingerprint density at radius 1 is 1.25 bits per heavy atom. The molecule has 4 heteroatoms. The largest absolute Gasteiger partial charge is 0.413 e. The first kappa shape index (κ1) is 14.2. The maximum Gasteiger partial charge on any atom is 0.192 e. The first-order valence-corrected chi connectivity index (χ1v) is 9.07. The van der Waals surface area contributed by atoms with Gasteiger partial charge >= 0.3 is 0 Å². The molecule has 0 aromatic rings. The van der Waals surface area contributed by atoms with Gasteiger partial charge in [0.05, 0.1) is 12.2 Å². The predicted molar refractivity (Wildman–Crippen MR) is 70.2 cm³/mol. The molecule has 0 spiro atoms. The Bertz CT molecular complexity index is 228. The molecular weight excluding hydrogens is 218 g/mol. The highest BCUT2D eigenvalue weighted by atomic mass is 28.4. The summed E-state index contributed by atoms with van der Waals surface area (Å²) in [4.78, 5) is 2.16. The molecule has 1 rings (SSSR count). The highest BCUT2D eigenvalue weighted by molar-refractivity contribution is 6.74. The van der Waals surface area contributed by atoms with Crippen LogP contribution in [0.1, 0.15) is 27.2 Å². The van der Waals surface area contributed by atoms with Crippen molar-refractivity contribution >= 4 is 8.32 Å². The topological polar surface area (TPSA) is 32.7 Å². The Morgan fingerprint density at radius 2 is 1.81 bits per heavy atom. The number of aliphatic hydroxyl groups excluding tert-OH is 1. The van der Waals surface area contributed by atoms with Gasteiger partial charge in [-0.05, 0) is 25.2 Å². The van der Waals surface area contributed by atoms with Gasteiger partial charge in [0.1, 0.15) is 0 Å². The minimum Gasteiger partial charge on any atom is -0.413 e. The van der Waals surface area contributed by atoms with Crippen molar-refractivity contribution in [1.82, 2.24) is 4.90 Å². The number of hydrogen-bond acceptors (Lipinski definition) is 3. The number of hydrogen-bond donors (Lipinski definition) is 1. The van der Waals surface area contributed by atoms with Crippen molar-refractivity contribution in [3.8, 4) is 0 Å². The zero-order valence-corrected chi connectivity index (χ0v) is 12.6. The molecule has 2 atom stereocenters. The Balaban J connectivity index is 2.60. The van der Waals surface area contributed by atoms with Crippen molar-refractivity contribution < 1.29 is 9.53 Å². The second-order valence-electron chi connectivity index (χ2n) is 6.61. The molecule has 0 saturated carbocycles. The molecule has 1 saturated heterocycles. The summed E-state index contributed by atoms with van der Waals surface area (Å²) in [5, 5.41) is 9.99. The fourth-order valence-electron chi connectivity index (χ4n) is 1.91. The number of likely N-dealkylation sites (tertiary alicyclic amines) is 1. The molecular formula is C12H27NO2Si. The minimum absolute atomic E-state index is 0.203. The highest BCUT2D eigenvalue weighted by Gasteiger charge is 2.40. The summed E-state index contributed by atoms with van der Waals surface area (Å²) in [7, 11) is 0.357. The normalized spacial score (nSPS) is 29.4. The molecule has 0 unspecified atom stereocenters. The second-order valence-corrected chi connectivity index (χ2v) is 11.4. The lowest BCUT2D eigenvalue weighted by atomic mass is 10.1. The number of piperidine rings is 1. The average Bonchev–Trinajstić information content (AvgIpc) is 1.97. The molecule has 1 aliphatic heterocycles. The molecule has 1 fully saturated rings. The Hall–Kier alpha value is 0.0969. The zero-order valence-electron chi connectivity index (χ0n) is 11.6. The van der Waals surface area contributed by atoms with Crippen LogP contribution in [0, 0.1) is 0 Å². The van der Waals surface area contributed by atoms with Gasteiger partial charge in [0.25, 0.3) is 0 Å². The Morgan fingerprint density at radius 3 is 2.25 bits per heavy atom. The lowest BCUT2D eigenvalue weighted by Gasteiger charge is -2.42. The lowest BCUT2D eigenvalue weighted by molar-refractivity contribution is 0.00767. The van der Waals surface area contributed by atoms with Crippen LogP contribution in [-0.4, -0.2) is 50.7 Å². The van der Waals surface area contributed by atoms with E-state index >= 15 is 0 Å². The molecule has 3 nitrogen and oxygen atoms in total. The summed E-state index contributed by atoms with van der Waals surface area (Å²) in [6.45, 7) is 13.0. The first-order valence-electron chi connectivity index (χ1n) is 6.16. The van der Waals surface area contributed by atoms with Crippen molar-refractivity contribution in [3.05, 3.63) is 0 Å². The van der Waals surface area contributed by atoms with Gasteiger partial charge in [0, 0.05) is 19.5 Å². The molecule has 0 aromatic carbocycles. The summed E-state index contributed by atoms with van der Waals surface area (Å²) >= 11 is 0. The van der Waals surface area contributed by atoms with Gasteiger partial charge < -0.3 is 14.4 Å². The molecule has 1 N–H and O–H groups in total. The third-order valence-electron chi connectivity index (χ3n) is 3.84. The molecule has 0 aliphatic carbocycles. The van der Waals surface area contributed by atoms with Crippen molar-refractivity contribution in [1.29, 1.82) is 0 Å². The van der Waals surface area contributed by atoms with E-state index in [0.29, 0.717) is 0 Å². The number of aliphatic hydroxyl groups is 1. The van der Waals surface area contributed by atoms with Crippen LogP contribution in [0.5, 0.6) is 0 Å². The Labute approximate surface area is 101 Å². The fraction of sp³-hybridized carbons (Fsp3) is 1.00. The van der Waals surface area contributed by atoms with Crippen LogP contribution in [0.3, 0.4) is 0 Å². The maximum atomic E-state index is 9.74. The van der Waals surface area contributed by atoms with Crippen LogP contribution < -0.4 is 0 Å². The molecule has 1 heterocycles. The van der Waals surface area contributed by atoms with Gasteiger partial charge in [0.15, 0.2) is 8.32 Å². The van der Waals surface area contributed by atoms with Crippen LogP contribution in [0.25, 0.3) is 0 Å². The smallest absolute Gasteiger partial charge is 0.192 e. The van der Waals surface area contributed by atoms with E-state index in [4.69, 9.17) is 4.43 Å². The molecule has 16 heavy (non-hydrogen) atoms. The van der Waals surface area contributed by atoms with Gasteiger partial charge in [0.2, 0.25) is 0 Å². The molecule has 0 radical (unpaired) electrons. The number of rotatable bonds is 2. The number of likely N-dealkylation sites (N-methyl/N-ethyl adjacent to an activating group) is 1. The van der Waals surface area contributed by atoms with Crippen LogP contribution in [0.4, 0.5) is 0 Å². The molecule has 1 aliphatic rings. The fourth-order valence-corrected chi connectivity index (χ4v) is 3.27. The van der Waals surface area contributed by atoms with Gasteiger partial charge in [-0.2, -0.15) is 0 Å². The van der Waals surface area contributed by atoms with E-state index < -0.39 is 8.32 Å². The SMILES string of the molecule is CN1C[C@H](O)C[C@@H](O[Si](C)(C)C(C)(C)C)C1. The van der Waals surface area contributed by atoms with E-state index in [1.807, 2.05) is 7.05 Å². The van der Waals surface area contributed by atoms with Gasteiger partial charge in [-0.15, -0.1) is 0 Å². The maximum absolute atomic E-state index is 9.74. The van der Waals surface area contributed by atoms with E-state index in [1.54, 1.807) is 0 Å². The monoisotopic (exact) mass is 245 g/mol. The van der Waals surface area contributed by atoms with Crippen molar-refractivity contribution in [2.24, 2.45) is 0 Å².